The van der Waals surface area contributed by atoms with E-state index in [4.69, 9.17) is 10.2 Å². The van der Waals surface area contributed by atoms with Crippen molar-refractivity contribution < 1.29 is 4.42 Å². The van der Waals surface area contributed by atoms with E-state index in [0.29, 0.717) is 6.54 Å². The predicted molar refractivity (Wildman–Crippen MR) is 53.7 cm³/mol. The van der Waals surface area contributed by atoms with Crippen molar-refractivity contribution in [2.45, 2.75) is 6.42 Å². The molecule has 2 heterocycles. The fourth-order valence-corrected chi connectivity index (χ4v) is 1.48. The van der Waals surface area contributed by atoms with Crippen LogP contribution in [0.2, 0.25) is 0 Å². The highest BCUT2D eigenvalue weighted by Crippen LogP contribution is 2.24. The molecule has 0 aliphatic carbocycles. The van der Waals surface area contributed by atoms with Gasteiger partial charge >= 0.3 is 0 Å². The molecule has 0 aliphatic heterocycles. The van der Waals surface area contributed by atoms with E-state index in [1.54, 1.807) is 17.1 Å². The standard InChI is InChI=1S/C10H13N3O/c1-13-7-9(6-12-13)10-8(2-4-11)3-5-14-10/h3,5-7H,2,4,11H2,1H3. The maximum Gasteiger partial charge on any atom is 0.140 e. The van der Waals surface area contributed by atoms with E-state index in [1.807, 2.05) is 19.3 Å². The summed E-state index contributed by atoms with van der Waals surface area (Å²) in [6.45, 7) is 0.632. The van der Waals surface area contributed by atoms with Gasteiger partial charge < -0.3 is 10.2 Å². The van der Waals surface area contributed by atoms with Gasteiger partial charge in [-0.3, -0.25) is 4.68 Å². The van der Waals surface area contributed by atoms with Crippen LogP contribution in [-0.4, -0.2) is 16.3 Å². The first-order valence-corrected chi connectivity index (χ1v) is 4.56. The normalized spacial score (nSPS) is 10.7. The molecule has 4 nitrogen and oxygen atoms in total. The first-order valence-electron chi connectivity index (χ1n) is 4.56. The number of aromatic nitrogens is 2. The molecule has 0 radical (unpaired) electrons. The van der Waals surface area contributed by atoms with Crippen LogP contribution in [0.3, 0.4) is 0 Å². The van der Waals surface area contributed by atoms with Gasteiger partial charge in [0.15, 0.2) is 0 Å². The molecular weight excluding hydrogens is 178 g/mol. The molecular formula is C10H13N3O. The Morgan fingerprint density at radius 3 is 3.07 bits per heavy atom. The van der Waals surface area contributed by atoms with Crippen LogP contribution < -0.4 is 5.73 Å². The minimum absolute atomic E-state index is 0.632. The molecule has 2 N–H and O–H groups in total. The maximum absolute atomic E-state index is 5.51. The molecule has 0 fully saturated rings. The third kappa shape index (κ3) is 1.56. The maximum atomic E-state index is 5.51. The van der Waals surface area contributed by atoms with Crippen LogP contribution in [0.15, 0.2) is 29.1 Å². The summed E-state index contributed by atoms with van der Waals surface area (Å²) < 4.78 is 7.16. The molecule has 0 saturated heterocycles. The van der Waals surface area contributed by atoms with Gasteiger partial charge in [0.2, 0.25) is 0 Å². The SMILES string of the molecule is Cn1cc(-c2occc2CCN)cn1. The summed E-state index contributed by atoms with van der Waals surface area (Å²) >= 11 is 0. The Labute approximate surface area is 82.3 Å². The zero-order valence-corrected chi connectivity index (χ0v) is 8.10. The molecule has 2 rings (SSSR count). The molecule has 2 aromatic rings. The van der Waals surface area contributed by atoms with Gasteiger partial charge in [0.1, 0.15) is 5.76 Å². The fourth-order valence-electron chi connectivity index (χ4n) is 1.48. The first-order chi connectivity index (χ1) is 6.81. The van der Waals surface area contributed by atoms with Gasteiger partial charge in [-0.1, -0.05) is 0 Å². The van der Waals surface area contributed by atoms with Gasteiger partial charge in [0.25, 0.3) is 0 Å². The summed E-state index contributed by atoms with van der Waals surface area (Å²) in [6, 6.07) is 1.95. The van der Waals surface area contributed by atoms with E-state index in [2.05, 4.69) is 5.10 Å². The molecule has 14 heavy (non-hydrogen) atoms. The average molecular weight is 191 g/mol. The van der Waals surface area contributed by atoms with Gasteiger partial charge in [0.05, 0.1) is 18.0 Å². The number of hydrogen-bond donors (Lipinski definition) is 1. The number of nitrogens with two attached hydrogens (primary N) is 1. The van der Waals surface area contributed by atoms with Crippen LogP contribution in [0, 0.1) is 0 Å². The monoisotopic (exact) mass is 191 g/mol. The van der Waals surface area contributed by atoms with E-state index in [1.165, 1.54) is 0 Å². The minimum atomic E-state index is 0.632. The van der Waals surface area contributed by atoms with E-state index in [-0.39, 0.29) is 0 Å². The van der Waals surface area contributed by atoms with Crippen LogP contribution in [0.5, 0.6) is 0 Å². The molecule has 0 unspecified atom stereocenters. The highest BCUT2D eigenvalue weighted by atomic mass is 16.3. The van der Waals surface area contributed by atoms with Gasteiger partial charge in [-0.2, -0.15) is 5.10 Å². The summed E-state index contributed by atoms with van der Waals surface area (Å²) in [5.41, 5.74) is 7.65. The van der Waals surface area contributed by atoms with Gasteiger partial charge in [-0.25, -0.2) is 0 Å². The van der Waals surface area contributed by atoms with Crippen LogP contribution in [0.1, 0.15) is 5.56 Å². The van der Waals surface area contributed by atoms with Gasteiger partial charge in [-0.05, 0) is 24.6 Å². The molecule has 4 heteroatoms. The second kappa shape index (κ2) is 3.67. The van der Waals surface area contributed by atoms with Crippen molar-refractivity contribution in [2.75, 3.05) is 6.54 Å². The lowest BCUT2D eigenvalue weighted by Crippen LogP contribution is -2.02. The number of furan rings is 1. The number of hydrogen-bond acceptors (Lipinski definition) is 3. The lowest BCUT2D eigenvalue weighted by Gasteiger charge is -1.96. The Morgan fingerprint density at radius 2 is 2.43 bits per heavy atom. The molecule has 0 amide bonds. The number of rotatable bonds is 3. The number of nitrogens with zero attached hydrogens (tertiary/aromatic N) is 2. The summed E-state index contributed by atoms with van der Waals surface area (Å²) in [5, 5.41) is 4.10. The third-order valence-electron chi connectivity index (χ3n) is 2.13. The first kappa shape index (κ1) is 9.02. The van der Waals surface area contributed by atoms with Crippen LogP contribution in [0.25, 0.3) is 11.3 Å². The zero-order chi connectivity index (χ0) is 9.97. The van der Waals surface area contributed by atoms with Crippen molar-refractivity contribution in [2.24, 2.45) is 12.8 Å². The van der Waals surface area contributed by atoms with Crippen molar-refractivity contribution >= 4 is 0 Å². The van der Waals surface area contributed by atoms with Crippen LogP contribution >= 0.6 is 0 Å². The predicted octanol–water partition coefficient (Wildman–Crippen LogP) is 1.18. The Morgan fingerprint density at radius 1 is 1.57 bits per heavy atom. The van der Waals surface area contributed by atoms with E-state index >= 15 is 0 Å². The third-order valence-corrected chi connectivity index (χ3v) is 2.13. The summed E-state index contributed by atoms with van der Waals surface area (Å²) in [7, 11) is 1.88. The second-order valence-electron chi connectivity index (χ2n) is 3.22. The minimum Gasteiger partial charge on any atom is -0.464 e. The highest BCUT2D eigenvalue weighted by molar-refractivity contribution is 5.59. The van der Waals surface area contributed by atoms with Crippen molar-refractivity contribution in [1.82, 2.24) is 9.78 Å². The molecule has 74 valence electrons. The van der Waals surface area contributed by atoms with Gasteiger partial charge in [-0.15, -0.1) is 0 Å². The average Bonchev–Trinajstić information content (AvgIpc) is 2.74. The number of aryl methyl sites for hydroxylation is 1. The molecule has 0 aromatic carbocycles. The summed E-state index contributed by atoms with van der Waals surface area (Å²) in [4.78, 5) is 0. The molecule has 0 atom stereocenters. The Balaban J connectivity index is 2.36. The van der Waals surface area contributed by atoms with Crippen molar-refractivity contribution in [1.29, 1.82) is 0 Å². The summed E-state index contributed by atoms with van der Waals surface area (Å²) in [6.07, 6.45) is 6.24. The van der Waals surface area contributed by atoms with E-state index < -0.39 is 0 Å². The molecule has 0 spiro atoms. The Kier molecular flexibility index (Phi) is 2.37. The topological polar surface area (TPSA) is 57.0 Å². The lowest BCUT2D eigenvalue weighted by atomic mass is 10.1. The fraction of sp³-hybridized carbons (Fsp3) is 0.300. The molecule has 0 bridgehead atoms. The van der Waals surface area contributed by atoms with Crippen LogP contribution in [0.4, 0.5) is 0 Å². The second-order valence-corrected chi connectivity index (χ2v) is 3.22. The Hall–Kier alpha value is -1.55. The molecule has 0 saturated carbocycles. The van der Waals surface area contributed by atoms with Crippen molar-refractivity contribution in [3.63, 3.8) is 0 Å². The summed E-state index contributed by atoms with van der Waals surface area (Å²) in [5.74, 6) is 0.878. The van der Waals surface area contributed by atoms with E-state index in [0.717, 1.165) is 23.3 Å². The van der Waals surface area contributed by atoms with Gasteiger partial charge in [0, 0.05) is 13.2 Å². The molecule has 0 aliphatic rings. The zero-order valence-electron chi connectivity index (χ0n) is 8.10. The van der Waals surface area contributed by atoms with Crippen molar-refractivity contribution in [3.8, 4) is 11.3 Å². The highest BCUT2D eigenvalue weighted by Gasteiger charge is 2.09. The lowest BCUT2D eigenvalue weighted by molar-refractivity contribution is 0.579. The Bertz CT molecular complexity index is 416. The smallest absolute Gasteiger partial charge is 0.140 e. The molecule has 2 aromatic heterocycles. The quantitative estimate of drug-likeness (QED) is 0.792. The van der Waals surface area contributed by atoms with Crippen LogP contribution in [-0.2, 0) is 13.5 Å². The largest absolute Gasteiger partial charge is 0.464 e. The van der Waals surface area contributed by atoms with Crippen molar-refractivity contribution in [3.05, 3.63) is 30.3 Å². The van der Waals surface area contributed by atoms with E-state index in [9.17, 15) is 0 Å².